The Labute approximate surface area is 114 Å². The molecule has 0 bridgehead atoms. The minimum atomic E-state index is -0.274. The second kappa shape index (κ2) is 5.10. The molecular weight excluding hydrogens is 297 g/mol. The molecule has 2 aromatic rings. The molecule has 3 nitrogen and oxygen atoms in total. The summed E-state index contributed by atoms with van der Waals surface area (Å²) in [7, 11) is 0. The van der Waals surface area contributed by atoms with Crippen molar-refractivity contribution in [1.29, 1.82) is 0 Å². The summed E-state index contributed by atoms with van der Waals surface area (Å²) in [6.07, 6.45) is 1.99. The van der Waals surface area contributed by atoms with Crippen LogP contribution in [0.5, 0.6) is 0 Å². The predicted molar refractivity (Wildman–Crippen MR) is 74.7 cm³/mol. The van der Waals surface area contributed by atoms with E-state index in [-0.39, 0.29) is 5.82 Å². The van der Waals surface area contributed by atoms with Crippen LogP contribution in [0.2, 0.25) is 0 Å². The summed E-state index contributed by atoms with van der Waals surface area (Å²) >= 11 is 3.17. The van der Waals surface area contributed by atoms with Gasteiger partial charge in [0.2, 0.25) is 5.95 Å². The zero-order chi connectivity index (χ0) is 13.3. The summed E-state index contributed by atoms with van der Waals surface area (Å²) in [5.41, 5.74) is 1.75. The van der Waals surface area contributed by atoms with Crippen LogP contribution in [0.4, 0.5) is 16.0 Å². The number of rotatable bonds is 3. The Balaban J connectivity index is 2.30. The maximum atomic E-state index is 13.2. The molecule has 0 unspecified atom stereocenters. The molecule has 2 rings (SSSR count). The van der Waals surface area contributed by atoms with Gasteiger partial charge in [0.15, 0.2) is 0 Å². The van der Waals surface area contributed by atoms with Gasteiger partial charge in [0, 0.05) is 17.9 Å². The smallest absolute Gasteiger partial charge is 0.207 e. The van der Waals surface area contributed by atoms with Gasteiger partial charge in [-0.25, -0.2) is 9.37 Å². The van der Waals surface area contributed by atoms with Gasteiger partial charge in [-0.3, -0.25) is 0 Å². The molecule has 18 heavy (non-hydrogen) atoms. The van der Waals surface area contributed by atoms with Crippen molar-refractivity contribution in [3.63, 3.8) is 0 Å². The molecule has 0 saturated carbocycles. The third-order valence-electron chi connectivity index (χ3n) is 2.58. The molecule has 1 aromatic heterocycles. The lowest BCUT2D eigenvalue weighted by molar-refractivity contribution is 0.607. The van der Waals surface area contributed by atoms with E-state index in [9.17, 15) is 4.39 Å². The Morgan fingerprint density at radius 1 is 1.39 bits per heavy atom. The largest absolute Gasteiger partial charge is 0.326 e. The summed E-state index contributed by atoms with van der Waals surface area (Å²) < 4.78 is 15.6. The highest BCUT2D eigenvalue weighted by atomic mass is 79.9. The topological polar surface area (TPSA) is 29.9 Å². The van der Waals surface area contributed by atoms with E-state index in [0.717, 1.165) is 17.3 Å². The van der Waals surface area contributed by atoms with Crippen LogP contribution in [0.15, 0.2) is 28.9 Å². The number of nitrogens with zero attached hydrogens (tertiary/aromatic N) is 2. The van der Waals surface area contributed by atoms with Crippen LogP contribution < -0.4 is 5.32 Å². The minimum Gasteiger partial charge on any atom is -0.326 e. The fraction of sp³-hybridized carbons (Fsp3) is 0.308. The molecule has 0 aliphatic rings. The van der Waals surface area contributed by atoms with E-state index in [1.165, 1.54) is 6.07 Å². The monoisotopic (exact) mass is 311 g/mol. The molecule has 96 valence electrons. The summed E-state index contributed by atoms with van der Waals surface area (Å²) in [6.45, 7) is 6.13. The van der Waals surface area contributed by atoms with E-state index in [1.54, 1.807) is 12.1 Å². The second-order valence-electron chi connectivity index (χ2n) is 4.46. The molecule has 1 aromatic carbocycles. The SMILES string of the molecule is Cc1cn(C(C)C)c(Nc2ccc(F)c(Br)c2)n1. The van der Waals surface area contributed by atoms with Gasteiger partial charge < -0.3 is 9.88 Å². The van der Waals surface area contributed by atoms with Crippen molar-refractivity contribution in [3.05, 3.63) is 40.4 Å². The van der Waals surface area contributed by atoms with Crippen molar-refractivity contribution in [1.82, 2.24) is 9.55 Å². The second-order valence-corrected chi connectivity index (χ2v) is 5.32. The molecule has 0 amide bonds. The summed E-state index contributed by atoms with van der Waals surface area (Å²) in [4.78, 5) is 4.42. The lowest BCUT2D eigenvalue weighted by Gasteiger charge is -2.12. The summed E-state index contributed by atoms with van der Waals surface area (Å²) in [5, 5.41) is 3.20. The van der Waals surface area contributed by atoms with Crippen LogP contribution in [0.25, 0.3) is 0 Å². The fourth-order valence-corrected chi connectivity index (χ4v) is 2.08. The molecule has 0 saturated heterocycles. The summed E-state index contributed by atoms with van der Waals surface area (Å²) in [5.74, 6) is 0.491. The van der Waals surface area contributed by atoms with E-state index in [1.807, 2.05) is 17.7 Å². The first kappa shape index (κ1) is 13.1. The molecule has 0 atom stereocenters. The lowest BCUT2D eigenvalue weighted by atomic mass is 10.3. The van der Waals surface area contributed by atoms with Crippen LogP contribution >= 0.6 is 15.9 Å². The molecule has 0 fully saturated rings. The highest BCUT2D eigenvalue weighted by molar-refractivity contribution is 9.10. The number of hydrogen-bond donors (Lipinski definition) is 1. The Bertz CT molecular complexity index is 563. The number of halogens is 2. The van der Waals surface area contributed by atoms with Crippen LogP contribution in [0.3, 0.4) is 0 Å². The van der Waals surface area contributed by atoms with Gasteiger partial charge in [-0.2, -0.15) is 0 Å². The zero-order valence-corrected chi connectivity index (χ0v) is 12.1. The number of nitrogens with one attached hydrogen (secondary N) is 1. The highest BCUT2D eigenvalue weighted by Gasteiger charge is 2.09. The molecule has 5 heteroatoms. The van der Waals surface area contributed by atoms with Gasteiger partial charge in [0.1, 0.15) is 5.82 Å². The maximum Gasteiger partial charge on any atom is 0.207 e. The van der Waals surface area contributed by atoms with Crippen molar-refractivity contribution >= 4 is 27.6 Å². The molecule has 1 heterocycles. The van der Waals surface area contributed by atoms with Gasteiger partial charge in [-0.05, 0) is 54.9 Å². The van der Waals surface area contributed by atoms with Crippen LogP contribution in [0.1, 0.15) is 25.6 Å². The van der Waals surface area contributed by atoms with Gasteiger partial charge >= 0.3 is 0 Å². The third-order valence-corrected chi connectivity index (χ3v) is 3.19. The van der Waals surface area contributed by atoms with E-state index >= 15 is 0 Å². The quantitative estimate of drug-likeness (QED) is 0.909. The van der Waals surface area contributed by atoms with E-state index < -0.39 is 0 Å². The first-order valence-corrected chi connectivity index (χ1v) is 6.54. The van der Waals surface area contributed by atoms with Gasteiger partial charge in [0.25, 0.3) is 0 Å². The van der Waals surface area contributed by atoms with Crippen LogP contribution in [-0.2, 0) is 0 Å². The van der Waals surface area contributed by atoms with Crippen molar-refractivity contribution < 1.29 is 4.39 Å². The number of benzene rings is 1. The average molecular weight is 312 g/mol. The van der Waals surface area contributed by atoms with Gasteiger partial charge in [-0.1, -0.05) is 0 Å². The number of imidazole rings is 1. The molecule has 1 N–H and O–H groups in total. The molecule has 0 spiro atoms. The molecular formula is C13H15BrFN3. The Morgan fingerprint density at radius 2 is 2.11 bits per heavy atom. The van der Waals surface area contributed by atoms with E-state index in [0.29, 0.717) is 10.5 Å². The fourth-order valence-electron chi connectivity index (χ4n) is 1.71. The highest BCUT2D eigenvalue weighted by Crippen LogP contribution is 2.24. The normalized spacial score (nSPS) is 11.0. The van der Waals surface area contributed by atoms with E-state index in [2.05, 4.69) is 40.1 Å². The number of aryl methyl sites for hydroxylation is 1. The van der Waals surface area contributed by atoms with Crippen molar-refractivity contribution in [2.75, 3.05) is 5.32 Å². The Hall–Kier alpha value is -1.36. The molecule has 0 radical (unpaired) electrons. The minimum absolute atomic E-state index is 0.274. The zero-order valence-electron chi connectivity index (χ0n) is 10.5. The number of hydrogen-bond acceptors (Lipinski definition) is 2. The van der Waals surface area contributed by atoms with Crippen molar-refractivity contribution in [2.45, 2.75) is 26.8 Å². The van der Waals surface area contributed by atoms with Crippen LogP contribution in [0, 0.1) is 12.7 Å². The maximum absolute atomic E-state index is 13.2. The Kier molecular flexibility index (Phi) is 3.71. The first-order chi connectivity index (χ1) is 8.47. The van der Waals surface area contributed by atoms with Crippen LogP contribution in [-0.4, -0.2) is 9.55 Å². The molecule has 0 aliphatic carbocycles. The molecule has 0 aliphatic heterocycles. The predicted octanol–water partition coefficient (Wildman–Crippen LogP) is 4.42. The van der Waals surface area contributed by atoms with E-state index in [4.69, 9.17) is 0 Å². The van der Waals surface area contributed by atoms with Gasteiger partial charge in [-0.15, -0.1) is 0 Å². The number of aromatic nitrogens is 2. The van der Waals surface area contributed by atoms with Crippen molar-refractivity contribution in [3.8, 4) is 0 Å². The third kappa shape index (κ3) is 2.72. The lowest BCUT2D eigenvalue weighted by Crippen LogP contribution is -2.05. The average Bonchev–Trinajstić information content (AvgIpc) is 2.65. The number of anilines is 2. The Morgan fingerprint density at radius 3 is 2.72 bits per heavy atom. The first-order valence-electron chi connectivity index (χ1n) is 5.75. The van der Waals surface area contributed by atoms with Gasteiger partial charge in [0.05, 0.1) is 10.2 Å². The standard InChI is InChI=1S/C13H15BrFN3/c1-8(2)18-7-9(3)16-13(18)17-10-4-5-12(15)11(14)6-10/h4-8H,1-3H3,(H,16,17). The van der Waals surface area contributed by atoms with Crippen molar-refractivity contribution in [2.24, 2.45) is 0 Å². The summed E-state index contributed by atoms with van der Waals surface area (Å²) in [6, 6.07) is 5.12.